The normalized spacial score (nSPS) is 10.2. The minimum absolute atomic E-state index is 0.197. The molecule has 13 heavy (non-hydrogen) atoms. The first-order valence-corrected chi connectivity index (χ1v) is 4.72. The van der Waals surface area contributed by atoms with E-state index in [1.165, 1.54) is 11.3 Å². The number of hydrogen-bond donors (Lipinski definition) is 1. The van der Waals surface area contributed by atoms with Crippen molar-refractivity contribution in [3.05, 3.63) is 28.6 Å². The minimum Gasteiger partial charge on any atom is -0.508 e. The van der Waals surface area contributed by atoms with E-state index in [0.717, 1.165) is 10.1 Å². The van der Waals surface area contributed by atoms with Gasteiger partial charge in [0.05, 0.1) is 10.3 Å². The van der Waals surface area contributed by atoms with Crippen LogP contribution in [0.15, 0.2) is 17.5 Å². The first-order chi connectivity index (χ1) is 6.24. The summed E-state index contributed by atoms with van der Waals surface area (Å²) in [6.45, 7) is 1.76. The maximum atomic E-state index is 9.50. The molecule has 0 radical (unpaired) electrons. The Morgan fingerprint density at radius 3 is 3.00 bits per heavy atom. The lowest BCUT2D eigenvalue weighted by Gasteiger charge is -2.01. The van der Waals surface area contributed by atoms with E-state index in [2.05, 4.69) is 6.07 Å². The number of hydrogen-bond acceptors (Lipinski definition) is 3. The molecule has 0 aliphatic carbocycles. The SMILES string of the molecule is Cc1c(O)cc2ccsc2c1C#N. The second-order valence-corrected chi connectivity index (χ2v) is 3.76. The number of fused-ring (bicyclic) bond motifs is 1. The Morgan fingerprint density at radius 2 is 2.31 bits per heavy atom. The lowest BCUT2D eigenvalue weighted by Crippen LogP contribution is -1.82. The molecule has 2 rings (SSSR count). The molecular weight excluding hydrogens is 182 g/mol. The summed E-state index contributed by atoms with van der Waals surface area (Å²) in [4.78, 5) is 0. The van der Waals surface area contributed by atoms with Gasteiger partial charge in [0.15, 0.2) is 0 Å². The van der Waals surface area contributed by atoms with Gasteiger partial charge in [-0.25, -0.2) is 0 Å². The smallest absolute Gasteiger partial charge is 0.120 e. The first-order valence-electron chi connectivity index (χ1n) is 3.84. The number of thiophene rings is 1. The van der Waals surface area contributed by atoms with Gasteiger partial charge in [-0.2, -0.15) is 5.26 Å². The van der Waals surface area contributed by atoms with Gasteiger partial charge < -0.3 is 5.11 Å². The van der Waals surface area contributed by atoms with Gasteiger partial charge in [0, 0.05) is 5.56 Å². The van der Waals surface area contributed by atoms with Gasteiger partial charge in [-0.05, 0) is 29.8 Å². The second kappa shape index (κ2) is 2.75. The molecule has 2 aromatic rings. The molecule has 0 amide bonds. The zero-order valence-electron chi connectivity index (χ0n) is 7.03. The van der Waals surface area contributed by atoms with Gasteiger partial charge in [-0.1, -0.05) is 0 Å². The summed E-state index contributed by atoms with van der Waals surface area (Å²) in [5, 5.41) is 21.3. The molecule has 0 atom stereocenters. The van der Waals surface area contributed by atoms with Crippen LogP contribution in [0.4, 0.5) is 0 Å². The highest BCUT2D eigenvalue weighted by atomic mass is 32.1. The first kappa shape index (κ1) is 8.09. The number of aromatic hydroxyl groups is 1. The number of nitrogens with zero attached hydrogens (tertiary/aromatic N) is 1. The topological polar surface area (TPSA) is 44.0 Å². The molecule has 0 fully saturated rings. The predicted molar refractivity (Wildman–Crippen MR) is 52.9 cm³/mol. The Kier molecular flexibility index (Phi) is 1.71. The molecule has 0 spiro atoms. The number of benzene rings is 1. The van der Waals surface area contributed by atoms with Gasteiger partial charge in [0.1, 0.15) is 11.8 Å². The molecule has 1 N–H and O–H groups in total. The van der Waals surface area contributed by atoms with Crippen LogP contribution < -0.4 is 0 Å². The van der Waals surface area contributed by atoms with Crippen LogP contribution in [0, 0.1) is 18.3 Å². The maximum absolute atomic E-state index is 9.50. The molecule has 1 heterocycles. The van der Waals surface area contributed by atoms with Crippen LogP contribution in [0.2, 0.25) is 0 Å². The average molecular weight is 189 g/mol. The molecule has 3 heteroatoms. The van der Waals surface area contributed by atoms with Gasteiger partial charge in [-0.3, -0.25) is 0 Å². The van der Waals surface area contributed by atoms with Crippen molar-refractivity contribution < 1.29 is 5.11 Å². The van der Waals surface area contributed by atoms with Crippen LogP contribution in [0.25, 0.3) is 10.1 Å². The molecule has 1 aromatic heterocycles. The van der Waals surface area contributed by atoms with E-state index in [1.807, 2.05) is 11.4 Å². The van der Waals surface area contributed by atoms with E-state index < -0.39 is 0 Å². The molecule has 1 aromatic carbocycles. The fourth-order valence-corrected chi connectivity index (χ4v) is 2.25. The molecule has 0 bridgehead atoms. The number of phenolic OH excluding ortho intramolecular Hbond substituents is 1. The summed E-state index contributed by atoms with van der Waals surface area (Å²) < 4.78 is 0.956. The molecule has 0 saturated carbocycles. The van der Waals surface area contributed by atoms with Crippen LogP contribution in [0.3, 0.4) is 0 Å². The molecular formula is C10H7NOS. The standard InChI is InChI=1S/C10H7NOS/c1-6-8(5-11)10-7(2-3-13-10)4-9(6)12/h2-4,12H,1H3. The van der Waals surface area contributed by atoms with E-state index in [4.69, 9.17) is 5.26 Å². The maximum Gasteiger partial charge on any atom is 0.120 e. The van der Waals surface area contributed by atoms with Crippen molar-refractivity contribution in [1.29, 1.82) is 5.26 Å². The fraction of sp³-hybridized carbons (Fsp3) is 0.100. The molecule has 0 aliphatic heterocycles. The van der Waals surface area contributed by atoms with Gasteiger partial charge in [-0.15, -0.1) is 11.3 Å². The minimum atomic E-state index is 0.197. The van der Waals surface area contributed by atoms with Crippen molar-refractivity contribution in [3.8, 4) is 11.8 Å². The van der Waals surface area contributed by atoms with Crippen LogP contribution in [-0.4, -0.2) is 5.11 Å². The zero-order chi connectivity index (χ0) is 9.42. The van der Waals surface area contributed by atoms with Crippen LogP contribution >= 0.6 is 11.3 Å². The molecule has 0 unspecified atom stereocenters. The summed E-state index contributed by atoms with van der Waals surface area (Å²) in [6, 6.07) is 5.71. The van der Waals surface area contributed by atoms with Gasteiger partial charge >= 0.3 is 0 Å². The van der Waals surface area contributed by atoms with Crippen molar-refractivity contribution in [2.45, 2.75) is 6.92 Å². The highest BCUT2D eigenvalue weighted by Gasteiger charge is 2.09. The lowest BCUT2D eigenvalue weighted by atomic mass is 10.1. The average Bonchev–Trinajstić information content (AvgIpc) is 2.54. The number of rotatable bonds is 0. The Balaban J connectivity index is 2.98. The molecule has 2 nitrogen and oxygen atoms in total. The Labute approximate surface area is 79.7 Å². The highest BCUT2D eigenvalue weighted by Crippen LogP contribution is 2.32. The van der Waals surface area contributed by atoms with Crippen LogP contribution in [0.5, 0.6) is 5.75 Å². The van der Waals surface area contributed by atoms with Crippen LogP contribution in [-0.2, 0) is 0 Å². The monoisotopic (exact) mass is 189 g/mol. The Bertz CT molecular complexity index is 507. The summed E-state index contributed by atoms with van der Waals surface area (Å²) in [7, 11) is 0. The van der Waals surface area contributed by atoms with Crippen LogP contribution in [0.1, 0.15) is 11.1 Å². The summed E-state index contributed by atoms with van der Waals surface area (Å²) in [6.07, 6.45) is 0. The van der Waals surface area contributed by atoms with E-state index in [-0.39, 0.29) is 5.75 Å². The van der Waals surface area contributed by atoms with E-state index in [1.54, 1.807) is 13.0 Å². The molecule has 0 saturated heterocycles. The molecule has 0 aliphatic rings. The largest absolute Gasteiger partial charge is 0.508 e. The fourth-order valence-electron chi connectivity index (χ4n) is 1.32. The zero-order valence-corrected chi connectivity index (χ0v) is 7.85. The van der Waals surface area contributed by atoms with Crippen molar-refractivity contribution in [3.63, 3.8) is 0 Å². The summed E-state index contributed by atoms with van der Waals surface area (Å²) in [5.41, 5.74) is 1.25. The van der Waals surface area contributed by atoms with E-state index >= 15 is 0 Å². The van der Waals surface area contributed by atoms with E-state index in [9.17, 15) is 5.11 Å². The van der Waals surface area contributed by atoms with E-state index in [0.29, 0.717) is 11.1 Å². The van der Waals surface area contributed by atoms with Gasteiger partial charge in [0.2, 0.25) is 0 Å². The van der Waals surface area contributed by atoms with Crippen molar-refractivity contribution >= 4 is 21.4 Å². The lowest BCUT2D eigenvalue weighted by molar-refractivity contribution is 0.472. The quantitative estimate of drug-likeness (QED) is 0.692. The van der Waals surface area contributed by atoms with Crippen molar-refractivity contribution in [1.82, 2.24) is 0 Å². The third-order valence-corrected chi connectivity index (χ3v) is 3.03. The number of nitriles is 1. The van der Waals surface area contributed by atoms with Crippen molar-refractivity contribution in [2.24, 2.45) is 0 Å². The Morgan fingerprint density at radius 1 is 1.54 bits per heavy atom. The molecule has 64 valence electrons. The van der Waals surface area contributed by atoms with Gasteiger partial charge in [0.25, 0.3) is 0 Å². The second-order valence-electron chi connectivity index (χ2n) is 2.85. The third kappa shape index (κ3) is 1.07. The number of phenols is 1. The summed E-state index contributed by atoms with van der Waals surface area (Å²) >= 11 is 1.53. The Hall–Kier alpha value is -1.53. The highest BCUT2D eigenvalue weighted by molar-refractivity contribution is 7.17. The summed E-state index contributed by atoms with van der Waals surface area (Å²) in [5.74, 6) is 0.197. The third-order valence-electron chi connectivity index (χ3n) is 2.09. The van der Waals surface area contributed by atoms with Crippen molar-refractivity contribution in [2.75, 3.05) is 0 Å². The predicted octanol–water partition coefficient (Wildman–Crippen LogP) is 2.79.